The normalized spacial score (nSPS) is 22.2. The quantitative estimate of drug-likeness (QED) is 0.854. The van der Waals surface area contributed by atoms with E-state index in [-0.39, 0.29) is 11.6 Å². The summed E-state index contributed by atoms with van der Waals surface area (Å²) < 4.78 is 18.9. The Balaban J connectivity index is 2.38. The Morgan fingerprint density at radius 2 is 2.28 bits per heavy atom. The topological polar surface area (TPSA) is 49.8 Å². The fourth-order valence-corrected chi connectivity index (χ4v) is 2.25. The van der Waals surface area contributed by atoms with Crippen molar-refractivity contribution >= 4 is 17.7 Å². The highest BCUT2D eigenvalue weighted by molar-refractivity contribution is 6.30. The molecule has 1 fully saturated rings. The zero-order valence-electron chi connectivity index (χ0n) is 9.98. The van der Waals surface area contributed by atoms with Crippen LogP contribution in [-0.4, -0.2) is 28.4 Å². The number of hydrogen-bond acceptors (Lipinski definition) is 2. The summed E-state index contributed by atoms with van der Waals surface area (Å²) in [6, 6.07) is 3.74. The van der Waals surface area contributed by atoms with Crippen LogP contribution in [0.4, 0.5) is 9.18 Å². The van der Waals surface area contributed by atoms with E-state index in [4.69, 9.17) is 16.3 Å². The first-order chi connectivity index (χ1) is 8.33. The number of hydrogen-bond donors (Lipinski definition) is 1. The summed E-state index contributed by atoms with van der Waals surface area (Å²) in [5.41, 5.74) is -0.392. The number of benzene rings is 1. The Labute approximate surface area is 109 Å². The van der Waals surface area contributed by atoms with Gasteiger partial charge in [-0.15, -0.1) is 0 Å². The highest BCUT2D eigenvalue weighted by Gasteiger charge is 2.44. The lowest BCUT2D eigenvalue weighted by atomic mass is 10.1. The molecule has 1 aliphatic heterocycles. The minimum atomic E-state index is -1.10. The van der Waals surface area contributed by atoms with Gasteiger partial charge in [0.15, 0.2) is 0 Å². The minimum Gasteiger partial charge on any atom is -0.465 e. The summed E-state index contributed by atoms with van der Waals surface area (Å²) in [6.45, 7) is 3.52. The molecular weight excluding hydrogens is 261 g/mol. The Hall–Kier alpha value is -1.33. The van der Waals surface area contributed by atoms with Gasteiger partial charge in [0.05, 0.1) is 17.7 Å². The van der Waals surface area contributed by atoms with Crippen molar-refractivity contribution in [3.63, 3.8) is 0 Å². The van der Waals surface area contributed by atoms with Gasteiger partial charge in [-0.05, 0) is 31.5 Å². The van der Waals surface area contributed by atoms with Crippen LogP contribution in [-0.2, 0) is 4.74 Å². The molecule has 2 rings (SSSR count). The van der Waals surface area contributed by atoms with Crippen molar-refractivity contribution in [2.45, 2.75) is 25.6 Å². The van der Waals surface area contributed by atoms with Crippen LogP contribution in [0.1, 0.15) is 25.5 Å². The number of carboxylic acid groups (broad SMARTS) is 1. The second-order valence-electron chi connectivity index (χ2n) is 4.60. The molecule has 1 atom stereocenters. The first kappa shape index (κ1) is 13.1. The van der Waals surface area contributed by atoms with Crippen molar-refractivity contribution in [1.29, 1.82) is 0 Å². The van der Waals surface area contributed by atoms with E-state index in [2.05, 4.69) is 0 Å². The predicted octanol–water partition coefficient (Wildman–Crippen LogP) is 3.27. The maximum absolute atomic E-state index is 13.4. The molecule has 18 heavy (non-hydrogen) atoms. The zero-order valence-corrected chi connectivity index (χ0v) is 10.7. The van der Waals surface area contributed by atoms with Crippen molar-refractivity contribution in [2.24, 2.45) is 0 Å². The number of carbonyl (C=O) groups is 1. The number of halogens is 2. The Morgan fingerprint density at radius 3 is 2.83 bits per heavy atom. The van der Waals surface area contributed by atoms with Gasteiger partial charge in [0.1, 0.15) is 11.5 Å². The van der Waals surface area contributed by atoms with Crippen LogP contribution in [0.15, 0.2) is 18.2 Å². The van der Waals surface area contributed by atoms with E-state index in [1.54, 1.807) is 19.9 Å². The van der Waals surface area contributed by atoms with Crippen LogP contribution in [0.3, 0.4) is 0 Å². The van der Waals surface area contributed by atoms with Gasteiger partial charge in [-0.2, -0.15) is 0 Å². The van der Waals surface area contributed by atoms with Gasteiger partial charge in [-0.3, -0.25) is 4.90 Å². The average Bonchev–Trinajstić information content (AvgIpc) is 2.58. The van der Waals surface area contributed by atoms with Crippen molar-refractivity contribution in [2.75, 3.05) is 6.61 Å². The van der Waals surface area contributed by atoms with Gasteiger partial charge < -0.3 is 9.84 Å². The minimum absolute atomic E-state index is 0.0128. The van der Waals surface area contributed by atoms with Gasteiger partial charge in [0, 0.05) is 0 Å². The van der Waals surface area contributed by atoms with E-state index >= 15 is 0 Å². The van der Waals surface area contributed by atoms with Crippen molar-refractivity contribution in [3.8, 4) is 0 Å². The molecule has 1 amide bonds. The third-order valence-electron chi connectivity index (χ3n) is 3.02. The molecule has 0 spiro atoms. The molecule has 1 heterocycles. The van der Waals surface area contributed by atoms with E-state index in [0.717, 1.165) is 0 Å². The highest BCUT2D eigenvalue weighted by Crippen LogP contribution is 2.37. The second kappa shape index (κ2) is 4.40. The largest absolute Gasteiger partial charge is 0.465 e. The number of ether oxygens (including phenoxy) is 1. The average molecular weight is 274 g/mol. The van der Waals surface area contributed by atoms with Crippen molar-refractivity contribution in [3.05, 3.63) is 34.6 Å². The molecule has 1 aromatic carbocycles. The molecule has 6 heteroatoms. The molecule has 98 valence electrons. The molecule has 0 aromatic heterocycles. The summed E-state index contributed by atoms with van der Waals surface area (Å²) in [5.74, 6) is -0.566. The van der Waals surface area contributed by atoms with Crippen LogP contribution in [0.2, 0.25) is 5.02 Å². The monoisotopic (exact) mass is 273 g/mol. The third-order valence-corrected chi connectivity index (χ3v) is 3.33. The SMILES string of the molecule is CC1(C)OCC(c2ccc(Cl)c(F)c2)N1C(=O)O. The maximum atomic E-state index is 13.4. The van der Waals surface area contributed by atoms with Crippen LogP contribution in [0, 0.1) is 5.82 Å². The molecule has 0 saturated carbocycles. The molecule has 0 aliphatic carbocycles. The van der Waals surface area contributed by atoms with Crippen molar-refractivity contribution in [1.82, 2.24) is 4.90 Å². The molecule has 4 nitrogen and oxygen atoms in total. The standard InChI is InChI=1S/C12H13ClFNO3/c1-12(2)15(11(16)17)10(6-18-12)7-3-4-8(13)9(14)5-7/h3-5,10H,6H2,1-2H3,(H,16,17). The molecule has 1 aromatic rings. The summed E-state index contributed by atoms with van der Waals surface area (Å²) >= 11 is 5.61. The zero-order chi connectivity index (χ0) is 13.5. The molecule has 0 radical (unpaired) electrons. The van der Waals surface area contributed by atoms with Crippen LogP contribution >= 0.6 is 11.6 Å². The van der Waals surface area contributed by atoms with Gasteiger partial charge in [0.2, 0.25) is 0 Å². The highest BCUT2D eigenvalue weighted by atomic mass is 35.5. The Kier molecular flexibility index (Phi) is 3.21. The van der Waals surface area contributed by atoms with Gasteiger partial charge >= 0.3 is 6.09 Å². The van der Waals surface area contributed by atoms with Gasteiger partial charge in [-0.1, -0.05) is 17.7 Å². The molecule has 1 unspecified atom stereocenters. The van der Waals surface area contributed by atoms with E-state index in [9.17, 15) is 14.3 Å². The van der Waals surface area contributed by atoms with E-state index in [1.165, 1.54) is 17.0 Å². The lowest BCUT2D eigenvalue weighted by Gasteiger charge is -2.31. The van der Waals surface area contributed by atoms with Crippen LogP contribution < -0.4 is 0 Å². The number of nitrogens with zero attached hydrogens (tertiary/aromatic N) is 1. The van der Waals surface area contributed by atoms with Crippen LogP contribution in [0.25, 0.3) is 0 Å². The molecule has 0 bridgehead atoms. The molecular formula is C12H13ClFNO3. The lowest BCUT2D eigenvalue weighted by Crippen LogP contribution is -2.44. The lowest BCUT2D eigenvalue weighted by molar-refractivity contribution is -0.0420. The second-order valence-corrected chi connectivity index (χ2v) is 5.01. The van der Waals surface area contributed by atoms with E-state index in [0.29, 0.717) is 5.56 Å². The number of rotatable bonds is 1. The van der Waals surface area contributed by atoms with Crippen LogP contribution in [0.5, 0.6) is 0 Å². The Morgan fingerprint density at radius 1 is 1.61 bits per heavy atom. The number of amides is 1. The molecule has 1 N–H and O–H groups in total. The van der Waals surface area contributed by atoms with Gasteiger partial charge in [-0.25, -0.2) is 9.18 Å². The van der Waals surface area contributed by atoms with E-state index in [1.807, 2.05) is 0 Å². The van der Waals surface area contributed by atoms with Gasteiger partial charge in [0.25, 0.3) is 0 Å². The predicted molar refractivity (Wildman–Crippen MR) is 64.0 cm³/mol. The summed E-state index contributed by atoms with van der Waals surface area (Å²) in [4.78, 5) is 12.5. The smallest absolute Gasteiger partial charge is 0.410 e. The third kappa shape index (κ3) is 2.15. The first-order valence-corrected chi connectivity index (χ1v) is 5.82. The summed E-state index contributed by atoms with van der Waals surface area (Å²) in [5, 5.41) is 9.24. The first-order valence-electron chi connectivity index (χ1n) is 5.44. The molecule has 1 saturated heterocycles. The fraction of sp³-hybridized carbons (Fsp3) is 0.417. The summed E-state index contributed by atoms with van der Waals surface area (Å²) in [6.07, 6.45) is -1.10. The fourth-order valence-electron chi connectivity index (χ4n) is 2.13. The summed E-state index contributed by atoms with van der Waals surface area (Å²) in [7, 11) is 0. The molecule has 1 aliphatic rings. The van der Waals surface area contributed by atoms with E-state index < -0.39 is 23.7 Å². The Bertz CT molecular complexity index is 492. The van der Waals surface area contributed by atoms with Crippen molar-refractivity contribution < 1.29 is 19.0 Å². The maximum Gasteiger partial charge on any atom is 0.410 e.